The Labute approximate surface area is 84.3 Å². The van der Waals surface area contributed by atoms with E-state index in [1.165, 1.54) is 0 Å². The Balaban J connectivity index is -0.0000000886. The molecule has 7 heteroatoms. The summed E-state index contributed by atoms with van der Waals surface area (Å²) in [7, 11) is 9.75. The molecule has 0 aliphatic heterocycles. The molecular formula is C4H12Cl2N4Pt-4. The fourth-order valence-electron chi connectivity index (χ4n) is 0. The van der Waals surface area contributed by atoms with E-state index < -0.39 is 16.5 Å². The van der Waals surface area contributed by atoms with Crippen molar-refractivity contribution in [3.05, 3.63) is 22.9 Å². The van der Waals surface area contributed by atoms with Gasteiger partial charge in [0, 0.05) is 0 Å². The molecule has 0 aromatic rings. The van der Waals surface area contributed by atoms with Gasteiger partial charge in [0.15, 0.2) is 0 Å². The van der Waals surface area contributed by atoms with Crippen LogP contribution in [0.3, 0.4) is 0 Å². The van der Waals surface area contributed by atoms with Crippen LogP contribution in [-0.4, -0.2) is 26.2 Å². The third-order valence-electron chi connectivity index (χ3n) is 0.250. The number of hydrogen-bond donors (Lipinski definition) is 0. The first kappa shape index (κ1) is 18.0. The molecule has 0 saturated carbocycles. The van der Waals surface area contributed by atoms with Gasteiger partial charge in [-0.1, -0.05) is 0 Å². The monoisotopic (exact) mass is 381 g/mol. The van der Waals surface area contributed by atoms with Crippen molar-refractivity contribution < 1.29 is 16.5 Å². The summed E-state index contributed by atoms with van der Waals surface area (Å²) in [5.74, 6) is 0. The van der Waals surface area contributed by atoms with Gasteiger partial charge >= 0.3 is 35.3 Å². The van der Waals surface area contributed by atoms with Crippen LogP contribution in [0.2, 0.25) is 0 Å². The van der Waals surface area contributed by atoms with Gasteiger partial charge < -0.3 is 22.9 Å². The van der Waals surface area contributed by atoms with Gasteiger partial charge in [-0.3, -0.25) is 0 Å². The van der Waals surface area contributed by atoms with Crippen LogP contribution < -0.4 is 0 Å². The molecule has 0 rings (SSSR count). The fraction of sp³-hybridized carbons (Fsp3) is 1.00. The van der Waals surface area contributed by atoms with Gasteiger partial charge in [0.25, 0.3) is 0 Å². The minimum Gasteiger partial charge on any atom is -0.679 e. The van der Waals surface area contributed by atoms with Crippen LogP contribution in [-0.2, 0) is 16.5 Å². The van der Waals surface area contributed by atoms with E-state index in [4.69, 9.17) is 41.8 Å². The van der Waals surface area contributed by atoms with Crippen molar-refractivity contribution in [2.45, 2.75) is 0 Å². The first-order valence-corrected chi connectivity index (χ1v) is 8.28. The maximum absolute atomic E-state index is 6.26. The van der Waals surface area contributed by atoms with Gasteiger partial charge in [0.2, 0.25) is 0 Å². The van der Waals surface area contributed by atoms with Gasteiger partial charge in [-0.15, -0.1) is 0 Å². The minimum absolute atomic E-state index is 0.236. The van der Waals surface area contributed by atoms with Crippen LogP contribution in [0.25, 0.3) is 22.9 Å². The molecule has 0 heterocycles. The standard InChI is InChI=1S/2C2H6N2.2ClH.Pt/c2*3-1-2-4;;;/h2*3-4H,1-2H2;2*1H;/q2*-2;;;+2/p-2. The summed E-state index contributed by atoms with van der Waals surface area (Å²) in [6.07, 6.45) is 0. The van der Waals surface area contributed by atoms with Crippen molar-refractivity contribution in [1.82, 2.24) is 0 Å². The second kappa shape index (κ2) is 30.4. The van der Waals surface area contributed by atoms with E-state index in [1.807, 2.05) is 0 Å². The zero-order valence-corrected chi connectivity index (χ0v) is 9.68. The molecule has 0 fully saturated rings. The molecule has 0 saturated heterocycles. The summed E-state index contributed by atoms with van der Waals surface area (Å²) < 4.78 is 0. The van der Waals surface area contributed by atoms with Crippen molar-refractivity contribution in [3.8, 4) is 0 Å². The quantitative estimate of drug-likeness (QED) is 0.698. The van der Waals surface area contributed by atoms with E-state index in [0.717, 1.165) is 0 Å². The zero-order valence-electron chi connectivity index (χ0n) is 5.90. The van der Waals surface area contributed by atoms with Crippen LogP contribution in [0.1, 0.15) is 0 Å². The summed E-state index contributed by atoms with van der Waals surface area (Å²) in [6, 6.07) is 0. The largest absolute Gasteiger partial charge is 0.679 e. The molecule has 0 atom stereocenters. The van der Waals surface area contributed by atoms with Gasteiger partial charge in [-0.2, -0.15) is 26.2 Å². The minimum atomic E-state index is -0.472. The van der Waals surface area contributed by atoms with Gasteiger partial charge in [0.05, 0.1) is 0 Å². The third-order valence-corrected chi connectivity index (χ3v) is 0.250. The molecule has 76 valence electrons. The van der Waals surface area contributed by atoms with Crippen molar-refractivity contribution >= 4 is 18.8 Å². The summed E-state index contributed by atoms with van der Waals surface area (Å²) in [5, 5.41) is 0. The van der Waals surface area contributed by atoms with Crippen LogP contribution >= 0.6 is 18.8 Å². The van der Waals surface area contributed by atoms with Gasteiger partial charge in [-0.05, 0) is 0 Å². The molecule has 11 heavy (non-hydrogen) atoms. The Morgan fingerprint density at radius 1 is 0.727 bits per heavy atom. The predicted molar refractivity (Wildman–Crippen MR) is 48.5 cm³/mol. The molecular weight excluding hydrogens is 370 g/mol. The van der Waals surface area contributed by atoms with Crippen molar-refractivity contribution in [1.29, 1.82) is 0 Å². The molecule has 0 unspecified atom stereocenters. The average Bonchev–Trinajstić information content (AvgIpc) is 2.06. The van der Waals surface area contributed by atoms with Crippen LogP contribution in [0, 0.1) is 0 Å². The molecule has 4 N–H and O–H groups in total. The molecule has 0 aromatic heterocycles. The molecule has 0 aromatic carbocycles. The van der Waals surface area contributed by atoms with Crippen molar-refractivity contribution in [2.24, 2.45) is 0 Å². The predicted octanol–water partition coefficient (Wildman–Crippen LogP) is 3.56. The third kappa shape index (κ3) is 95.4. The zero-order chi connectivity index (χ0) is 9.54. The molecule has 0 aliphatic rings. The molecule has 4 nitrogen and oxygen atoms in total. The average molecular weight is 382 g/mol. The topological polar surface area (TPSA) is 95.2 Å². The molecule has 0 aliphatic carbocycles. The van der Waals surface area contributed by atoms with E-state index in [-0.39, 0.29) is 26.2 Å². The fourth-order valence-corrected chi connectivity index (χ4v) is 0. The summed E-state index contributed by atoms with van der Waals surface area (Å²) in [5.41, 5.74) is 25.1. The normalized spacial score (nSPS) is 7.45. The Bertz CT molecular complexity index is 35.3. The molecule has 0 radical (unpaired) electrons. The van der Waals surface area contributed by atoms with Crippen LogP contribution in [0.5, 0.6) is 0 Å². The van der Waals surface area contributed by atoms with Gasteiger partial charge in [-0.25, -0.2) is 0 Å². The number of hydrogen-bond acceptors (Lipinski definition) is 0. The maximum Gasteiger partial charge on any atom is -0.171 e. The number of rotatable bonds is 2. The Hall–Kier alpha value is 1.11. The summed E-state index contributed by atoms with van der Waals surface area (Å²) >= 11 is -0.472. The van der Waals surface area contributed by atoms with E-state index in [0.29, 0.717) is 0 Å². The van der Waals surface area contributed by atoms with E-state index >= 15 is 0 Å². The van der Waals surface area contributed by atoms with E-state index in [9.17, 15) is 0 Å². The van der Waals surface area contributed by atoms with E-state index in [1.54, 1.807) is 0 Å². The number of nitrogens with one attached hydrogen (secondary N) is 4. The SMILES string of the molecule is [Cl][Pt][Cl].[NH-]CC[NH-].[NH-]CC[NH-]. The number of halogens is 2. The van der Waals surface area contributed by atoms with Gasteiger partial charge in [0.1, 0.15) is 0 Å². The van der Waals surface area contributed by atoms with Crippen molar-refractivity contribution in [2.75, 3.05) is 26.2 Å². The molecule has 0 amide bonds. The summed E-state index contributed by atoms with van der Waals surface area (Å²) in [4.78, 5) is 0. The first-order valence-electron chi connectivity index (χ1n) is 2.65. The Morgan fingerprint density at radius 3 is 0.818 bits per heavy atom. The van der Waals surface area contributed by atoms with Crippen molar-refractivity contribution in [3.63, 3.8) is 0 Å². The molecule has 0 spiro atoms. The Kier molecular flexibility index (Phi) is 49.8. The smallest absolute Gasteiger partial charge is 0.171 e. The summed E-state index contributed by atoms with van der Waals surface area (Å²) in [6.45, 7) is 0.944. The second-order valence-electron chi connectivity index (χ2n) is 1.05. The van der Waals surface area contributed by atoms with E-state index in [2.05, 4.69) is 0 Å². The van der Waals surface area contributed by atoms with Crippen LogP contribution in [0.4, 0.5) is 0 Å². The molecule has 0 bridgehead atoms. The first-order chi connectivity index (χ1) is 5.24. The maximum atomic E-state index is 6.26. The Morgan fingerprint density at radius 2 is 0.818 bits per heavy atom. The van der Waals surface area contributed by atoms with Crippen LogP contribution in [0.15, 0.2) is 0 Å². The second-order valence-corrected chi connectivity index (χ2v) is 4.33.